The zero-order valence-corrected chi connectivity index (χ0v) is 9.07. The molecule has 2 heterocycles. The largest absolute Gasteiger partial charge is 0.359 e. The molecule has 4 nitrogen and oxygen atoms in total. The van der Waals surface area contributed by atoms with Gasteiger partial charge in [0.05, 0.1) is 6.42 Å². The molecular weight excluding hydrogens is 190 g/mol. The first kappa shape index (κ1) is 9.21. The highest BCUT2D eigenvalue weighted by atomic mass is 16.2. The lowest BCUT2D eigenvalue weighted by Gasteiger charge is -2.19. The van der Waals surface area contributed by atoms with Crippen molar-refractivity contribution in [2.75, 3.05) is 20.1 Å². The maximum absolute atomic E-state index is 11.8. The van der Waals surface area contributed by atoms with E-state index in [2.05, 4.69) is 4.90 Å². The van der Waals surface area contributed by atoms with Crippen LogP contribution in [0.1, 0.15) is 19.3 Å². The summed E-state index contributed by atoms with van der Waals surface area (Å²) in [4.78, 5) is 15.8. The van der Waals surface area contributed by atoms with E-state index in [1.165, 1.54) is 18.4 Å². The third-order valence-electron chi connectivity index (χ3n) is 3.74. The minimum absolute atomic E-state index is 0.120. The number of hydrogen-bond donors (Lipinski definition) is 1. The third-order valence-corrected chi connectivity index (χ3v) is 3.74. The minimum Gasteiger partial charge on any atom is -0.359 e. The van der Waals surface area contributed by atoms with Gasteiger partial charge in [-0.15, -0.1) is 0 Å². The van der Waals surface area contributed by atoms with Crippen molar-refractivity contribution in [3.8, 4) is 0 Å². The van der Waals surface area contributed by atoms with E-state index in [-0.39, 0.29) is 11.9 Å². The van der Waals surface area contributed by atoms with Crippen LogP contribution >= 0.6 is 0 Å². The number of nitrogens with two attached hydrogens (primary N) is 1. The second kappa shape index (κ2) is 2.98. The van der Waals surface area contributed by atoms with Crippen molar-refractivity contribution in [2.24, 2.45) is 11.7 Å². The molecule has 1 saturated carbocycles. The molecule has 1 aliphatic carbocycles. The smallest absolute Gasteiger partial charge is 0.232 e. The second-order valence-corrected chi connectivity index (χ2v) is 4.86. The van der Waals surface area contributed by atoms with Crippen LogP contribution in [0.5, 0.6) is 0 Å². The Morgan fingerprint density at radius 3 is 2.80 bits per heavy atom. The van der Waals surface area contributed by atoms with E-state index in [9.17, 15) is 4.79 Å². The molecule has 1 atom stereocenters. The Bertz CT molecular complexity index is 346. The Kier molecular flexibility index (Phi) is 1.83. The number of rotatable bonds is 2. The lowest BCUT2D eigenvalue weighted by molar-refractivity contribution is -0.126. The fourth-order valence-electron chi connectivity index (χ4n) is 2.67. The van der Waals surface area contributed by atoms with Crippen molar-refractivity contribution in [1.82, 2.24) is 9.80 Å². The van der Waals surface area contributed by atoms with Gasteiger partial charge in [-0.25, -0.2) is 0 Å². The summed E-state index contributed by atoms with van der Waals surface area (Å²) >= 11 is 0. The molecule has 2 aliphatic heterocycles. The predicted octanol–water partition coefficient (Wildman–Crippen LogP) is 0.113. The number of hydrogen-bond acceptors (Lipinski definition) is 3. The highest BCUT2D eigenvalue weighted by Gasteiger charge is 2.42. The van der Waals surface area contributed by atoms with Crippen LogP contribution in [0.4, 0.5) is 0 Å². The standard InChI is InChI=1S/C11H17N3O/c1-13-4-5-14-9(15)6-8(11(13)14)10(12)7-2-3-7/h7,10H,2-6,12H2,1H3. The van der Waals surface area contributed by atoms with E-state index in [1.54, 1.807) is 0 Å². The molecule has 1 unspecified atom stereocenters. The van der Waals surface area contributed by atoms with Crippen LogP contribution in [0.2, 0.25) is 0 Å². The van der Waals surface area contributed by atoms with Crippen molar-refractivity contribution < 1.29 is 4.79 Å². The highest BCUT2D eigenvalue weighted by Crippen LogP contribution is 2.40. The van der Waals surface area contributed by atoms with Crippen molar-refractivity contribution in [3.63, 3.8) is 0 Å². The summed E-state index contributed by atoms with van der Waals surface area (Å²) in [5.74, 6) is 1.98. The summed E-state index contributed by atoms with van der Waals surface area (Å²) in [5.41, 5.74) is 7.38. The average molecular weight is 207 g/mol. The van der Waals surface area contributed by atoms with Crippen LogP contribution in [0.15, 0.2) is 11.4 Å². The molecule has 0 bridgehead atoms. The van der Waals surface area contributed by atoms with E-state index >= 15 is 0 Å². The van der Waals surface area contributed by atoms with E-state index < -0.39 is 0 Å². The van der Waals surface area contributed by atoms with Gasteiger partial charge in [0.2, 0.25) is 5.91 Å². The molecule has 15 heavy (non-hydrogen) atoms. The molecule has 3 rings (SSSR count). The van der Waals surface area contributed by atoms with Crippen LogP contribution in [-0.4, -0.2) is 41.9 Å². The lowest BCUT2D eigenvalue weighted by Crippen LogP contribution is -2.27. The maximum Gasteiger partial charge on any atom is 0.232 e. The SMILES string of the molecule is CN1CCN2C(=O)CC(C(N)C3CC3)=C12. The fraction of sp³-hybridized carbons (Fsp3) is 0.727. The Labute approximate surface area is 89.7 Å². The molecule has 0 aromatic rings. The monoisotopic (exact) mass is 207 g/mol. The summed E-state index contributed by atoms with van der Waals surface area (Å²) in [5, 5.41) is 0. The van der Waals surface area contributed by atoms with Crippen molar-refractivity contribution in [2.45, 2.75) is 25.3 Å². The number of carbonyl (C=O) groups excluding carboxylic acids is 1. The zero-order valence-electron chi connectivity index (χ0n) is 9.07. The second-order valence-electron chi connectivity index (χ2n) is 4.86. The Morgan fingerprint density at radius 1 is 1.40 bits per heavy atom. The summed E-state index contributed by atoms with van der Waals surface area (Å²) in [7, 11) is 2.05. The number of fused-ring (bicyclic) bond motifs is 1. The Hall–Kier alpha value is -1.03. The predicted molar refractivity (Wildman–Crippen MR) is 56.7 cm³/mol. The molecule has 1 amide bonds. The van der Waals surface area contributed by atoms with Gasteiger partial charge >= 0.3 is 0 Å². The van der Waals surface area contributed by atoms with Gasteiger partial charge < -0.3 is 10.6 Å². The highest BCUT2D eigenvalue weighted by molar-refractivity contribution is 5.85. The quantitative estimate of drug-likeness (QED) is 0.699. The number of carbonyl (C=O) groups is 1. The number of likely N-dealkylation sites (N-methyl/N-ethyl adjacent to an activating group) is 1. The van der Waals surface area contributed by atoms with Crippen molar-refractivity contribution in [1.29, 1.82) is 0 Å². The molecule has 0 aromatic carbocycles. The molecule has 82 valence electrons. The van der Waals surface area contributed by atoms with Crippen LogP contribution < -0.4 is 5.73 Å². The normalized spacial score (nSPS) is 27.7. The summed E-state index contributed by atoms with van der Waals surface area (Å²) in [6.07, 6.45) is 3.02. The van der Waals surface area contributed by atoms with Crippen LogP contribution in [0, 0.1) is 5.92 Å². The summed E-state index contributed by atoms with van der Waals surface area (Å²) in [6, 6.07) is 0.120. The van der Waals surface area contributed by atoms with Gasteiger partial charge in [-0.05, 0) is 24.3 Å². The first-order chi connectivity index (χ1) is 7.18. The van der Waals surface area contributed by atoms with Crippen LogP contribution in [0.3, 0.4) is 0 Å². The molecule has 0 aromatic heterocycles. The van der Waals surface area contributed by atoms with Crippen molar-refractivity contribution in [3.05, 3.63) is 11.4 Å². The first-order valence-electron chi connectivity index (χ1n) is 5.68. The van der Waals surface area contributed by atoms with Crippen molar-refractivity contribution >= 4 is 5.91 Å². The minimum atomic E-state index is 0.120. The molecule has 2 N–H and O–H groups in total. The zero-order chi connectivity index (χ0) is 10.6. The molecule has 0 radical (unpaired) electrons. The van der Waals surface area contributed by atoms with Crippen LogP contribution in [-0.2, 0) is 4.79 Å². The van der Waals surface area contributed by atoms with Gasteiger partial charge in [-0.3, -0.25) is 9.69 Å². The summed E-state index contributed by atoms with van der Waals surface area (Å²) in [6.45, 7) is 1.79. The summed E-state index contributed by atoms with van der Waals surface area (Å²) < 4.78 is 0. The number of amides is 1. The van der Waals surface area contributed by atoms with Gasteiger partial charge in [0, 0.05) is 26.2 Å². The van der Waals surface area contributed by atoms with Crippen LogP contribution in [0.25, 0.3) is 0 Å². The van der Waals surface area contributed by atoms with E-state index in [1.807, 2.05) is 11.9 Å². The van der Waals surface area contributed by atoms with Gasteiger partial charge in [0.15, 0.2) is 0 Å². The molecule has 0 spiro atoms. The van der Waals surface area contributed by atoms with E-state index in [4.69, 9.17) is 5.73 Å². The van der Waals surface area contributed by atoms with Gasteiger partial charge in [-0.2, -0.15) is 0 Å². The Balaban J connectivity index is 1.94. The third kappa shape index (κ3) is 1.28. The van der Waals surface area contributed by atoms with Gasteiger partial charge in [0.1, 0.15) is 5.82 Å². The molecule has 3 aliphatic rings. The van der Waals surface area contributed by atoms with Gasteiger partial charge in [-0.1, -0.05) is 0 Å². The molecular formula is C11H17N3O. The topological polar surface area (TPSA) is 49.6 Å². The molecule has 1 saturated heterocycles. The molecule has 4 heteroatoms. The lowest BCUT2D eigenvalue weighted by atomic mass is 10.0. The first-order valence-corrected chi connectivity index (χ1v) is 5.68. The van der Waals surface area contributed by atoms with E-state index in [0.29, 0.717) is 12.3 Å². The average Bonchev–Trinajstić information content (AvgIpc) is 2.91. The number of nitrogens with zero attached hydrogens (tertiary/aromatic N) is 2. The molecule has 2 fully saturated rings. The maximum atomic E-state index is 11.8. The fourth-order valence-corrected chi connectivity index (χ4v) is 2.67. The van der Waals surface area contributed by atoms with Gasteiger partial charge in [0.25, 0.3) is 0 Å². The Morgan fingerprint density at radius 2 is 2.13 bits per heavy atom. The van der Waals surface area contributed by atoms with E-state index in [0.717, 1.165) is 18.9 Å².